The van der Waals surface area contributed by atoms with Crippen LogP contribution in [0.4, 0.5) is 0 Å². The SMILES string of the molecule is CCN(CC)CC(C)NC(C)c1ccc(Br)cc1. The van der Waals surface area contributed by atoms with Crippen LogP contribution >= 0.6 is 15.9 Å². The number of halogens is 1. The Labute approximate surface area is 120 Å². The monoisotopic (exact) mass is 312 g/mol. The van der Waals surface area contributed by atoms with Gasteiger partial charge in [0, 0.05) is 23.1 Å². The Morgan fingerprint density at radius 1 is 1.11 bits per heavy atom. The molecule has 2 nitrogen and oxygen atoms in total. The molecule has 1 aromatic rings. The minimum absolute atomic E-state index is 0.392. The topological polar surface area (TPSA) is 15.3 Å². The van der Waals surface area contributed by atoms with E-state index in [0.717, 1.165) is 24.1 Å². The molecule has 0 aliphatic rings. The zero-order valence-corrected chi connectivity index (χ0v) is 13.5. The summed E-state index contributed by atoms with van der Waals surface area (Å²) in [5, 5.41) is 3.66. The Bertz CT molecular complexity index is 333. The predicted molar refractivity (Wildman–Crippen MR) is 82.9 cm³/mol. The van der Waals surface area contributed by atoms with E-state index < -0.39 is 0 Å². The summed E-state index contributed by atoms with van der Waals surface area (Å²) < 4.78 is 1.13. The summed E-state index contributed by atoms with van der Waals surface area (Å²) in [4.78, 5) is 2.45. The molecule has 2 atom stereocenters. The van der Waals surface area contributed by atoms with Crippen molar-refractivity contribution in [2.24, 2.45) is 0 Å². The second-order valence-corrected chi connectivity index (χ2v) is 5.74. The molecule has 1 rings (SSSR count). The first-order valence-electron chi connectivity index (χ1n) is 6.80. The van der Waals surface area contributed by atoms with Gasteiger partial charge in [0.25, 0.3) is 0 Å². The van der Waals surface area contributed by atoms with Gasteiger partial charge in [0.1, 0.15) is 0 Å². The third kappa shape index (κ3) is 5.09. The first-order chi connectivity index (χ1) is 8.56. The zero-order valence-electron chi connectivity index (χ0n) is 11.9. The standard InChI is InChI=1S/C15H25BrN2/c1-5-18(6-2)11-12(3)17-13(4)14-7-9-15(16)10-8-14/h7-10,12-13,17H,5-6,11H2,1-4H3. The predicted octanol–water partition coefficient (Wildman–Crippen LogP) is 3.83. The normalized spacial score (nSPS) is 14.8. The average molecular weight is 313 g/mol. The van der Waals surface area contributed by atoms with E-state index in [0.29, 0.717) is 12.1 Å². The second-order valence-electron chi connectivity index (χ2n) is 4.83. The van der Waals surface area contributed by atoms with Crippen molar-refractivity contribution in [3.63, 3.8) is 0 Å². The van der Waals surface area contributed by atoms with Crippen molar-refractivity contribution in [2.45, 2.75) is 39.8 Å². The van der Waals surface area contributed by atoms with Gasteiger partial charge in [-0.15, -0.1) is 0 Å². The first kappa shape index (κ1) is 15.7. The quantitative estimate of drug-likeness (QED) is 0.823. The van der Waals surface area contributed by atoms with E-state index in [1.807, 2.05) is 0 Å². The highest BCUT2D eigenvalue weighted by atomic mass is 79.9. The molecule has 1 N–H and O–H groups in total. The van der Waals surface area contributed by atoms with E-state index in [9.17, 15) is 0 Å². The molecule has 0 fully saturated rings. The molecule has 0 aliphatic heterocycles. The van der Waals surface area contributed by atoms with Crippen LogP contribution < -0.4 is 5.32 Å². The highest BCUT2D eigenvalue weighted by molar-refractivity contribution is 9.10. The molecule has 0 saturated heterocycles. The van der Waals surface area contributed by atoms with Gasteiger partial charge in [0.15, 0.2) is 0 Å². The molecular formula is C15H25BrN2. The fourth-order valence-electron chi connectivity index (χ4n) is 2.20. The Morgan fingerprint density at radius 2 is 1.67 bits per heavy atom. The summed E-state index contributed by atoms with van der Waals surface area (Å²) >= 11 is 3.47. The van der Waals surface area contributed by atoms with Crippen LogP contribution in [0.1, 0.15) is 39.3 Å². The molecular weight excluding hydrogens is 288 g/mol. The molecule has 1 aromatic carbocycles. The van der Waals surface area contributed by atoms with E-state index in [2.05, 4.69) is 78.1 Å². The van der Waals surface area contributed by atoms with Crippen LogP contribution in [0, 0.1) is 0 Å². The average Bonchev–Trinajstić information content (AvgIpc) is 2.36. The van der Waals surface area contributed by atoms with Crippen LogP contribution in [0.3, 0.4) is 0 Å². The molecule has 3 heteroatoms. The maximum Gasteiger partial charge on any atom is 0.0294 e. The number of rotatable bonds is 7. The van der Waals surface area contributed by atoms with E-state index in [4.69, 9.17) is 0 Å². The van der Waals surface area contributed by atoms with Gasteiger partial charge in [-0.3, -0.25) is 0 Å². The van der Waals surface area contributed by atoms with Crippen LogP contribution in [-0.4, -0.2) is 30.6 Å². The van der Waals surface area contributed by atoms with Crippen molar-refractivity contribution in [1.82, 2.24) is 10.2 Å². The van der Waals surface area contributed by atoms with Gasteiger partial charge in [-0.2, -0.15) is 0 Å². The number of nitrogens with zero attached hydrogens (tertiary/aromatic N) is 1. The molecule has 0 aromatic heterocycles. The Kier molecular flexibility index (Phi) is 6.90. The molecule has 102 valence electrons. The van der Waals surface area contributed by atoms with E-state index in [-0.39, 0.29) is 0 Å². The van der Waals surface area contributed by atoms with Crippen molar-refractivity contribution in [3.8, 4) is 0 Å². The van der Waals surface area contributed by atoms with Crippen LogP contribution in [-0.2, 0) is 0 Å². The smallest absolute Gasteiger partial charge is 0.0294 e. The van der Waals surface area contributed by atoms with Gasteiger partial charge in [-0.05, 0) is 44.6 Å². The van der Waals surface area contributed by atoms with Crippen molar-refractivity contribution < 1.29 is 0 Å². The van der Waals surface area contributed by atoms with Crippen molar-refractivity contribution in [3.05, 3.63) is 34.3 Å². The van der Waals surface area contributed by atoms with Crippen molar-refractivity contribution >= 4 is 15.9 Å². The lowest BCUT2D eigenvalue weighted by molar-refractivity contribution is 0.264. The van der Waals surface area contributed by atoms with Gasteiger partial charge < -0.3 is 10.2 Å². The second kappa shape index (κ2) is 7.93. The number of benzene rings is 1. The maximum atomic E-state index is 3.66. The molecule has 0 saturated carbocycles. The number of likely N-dealkylation sites (N-methyl/N-ethyl adjacent to an activating group) is 1. The Hall–Kier alpha value is -0.380. The number of hydrogen-bond acceptors (Lipinski definition) is 2. The molecule has 0 heterocycles. The molecule has 2 unspecified atom stereocenters. The zero-order chi connectivity index (χ0) is 13.5. The largest absolute Gasteiger partial charge is 0.306 e. The lowest BCUT2D eigenvalue weighted by Crippen LogP contribution is -2.40. The van der Waals surface area contributed by atoms with Gasteiger partial charge in [-0.1, -0.05) is 41.9 Å². The minimum Gasteiger partial charge on any atom is -0.306 e. The van der Waals surface area contributed by atoms with Gasteiger partial charge >= 0.3 is 0 Å². The van der Waals surface area contributed by atoms with Crippen LogP contribution in [0.2, 0.25) is 0 Å². The summed E-state index contributed by atoms with van der Waals surface area (Å²) in [6.45, 7) is 12.3. The van der Waals surface area contributed by atoms with Gasteiger partial charge in [0.05, 0.1) is 0 Å². The maximum absolute atomic E-state index is 3.66. The molecule has 0 amide bonds. The molecule has 18 heavy (non-hydrogen) atoms. The number of nitrogens with one attached hydrogen (secondary N) is 1. The molecule has 0 aliphatic carbocycles. The minimum atomic E-state index is 0.392. The third-order valence-electron chi connectivity index (χ3n) is 3.33. The summed E-state index contributed by atoms with van der Waals surface area (Å²) in [7, 11) is 0. The summed E-state index contributed by atoms with van der Waals surface area (Å²) in [5.74, 6) is 0. The van der Waals surface area contributed by atoms with Crippen molar-refractivity contribution in [1.29, 1.82) is 0 Å². The Balaban J connectivity index is 2.48. The molecule has 0 spiro atoms. The van der Waals surface area contributed by atoms with Gasteiger partial charge in [0.2, 0.25) is 0 Å². The fourth-order valence-corrected chi connectivity index (χ4v) is 2.46. The highest BCUT2D eigenvalue weighted by Gasteiger charge is 2.11. The summed E-state index contributed by atoms with van der Waals surface area (Å²) in [6.07, 6.45) is 0. The lowest BCUT2D eigenvalue weighted by Gasteiger charge is -2.26. The molecule has 0 bridgehead atoms. The number of hydrogen-bond donors (Lipinski definition) is 1. The van der Waals surface area contributed by atoms with Crippen molar-refractivity contribution in [2.75, 3.05) is 19.6 Å². The van der Waals surface area contributed by atoms with Gasteiger partial charge in [-0.25, -0.2) is 0 Å². The van der Waals surface area contributed by atoms with Crippen LogP contribution in [0.25, 0.3) is 0 Å². The molecule has 0 radical (unpaired) electrons. The Morgan fingerprint density at radius 3 is 2.17 bits per heavy atom. The first-order valence-corrected chi connectivity index (χ1v) is 7.60. The van der Waals surface area contributed by atoms with E-state index in [1.165, 1.54) is 5.56 Å². The van der Waals surface area contributed by atoms with E-state index in [1.54, 1.807) is 0 Å². The highest BCUT2D eigenvalue weighted by Crippen LogP contribution is 2.17. The third-order valence-corrected chi connectivity index (χ3v) is 3.86. The van der Waals surface area contributed by atoms with E-state index >= 15 is 0 Å². The van der Waals surface area contributed by atoms with Crippen LogP contribution in [0.5, 0.6) is 0 Å². The lowest BCUT2D eigenvalue weighted by atomic mass is 10.1. The summed E-state index contributed by atoms with van der Waals surface area (Å²) in [6, 6.07) is 9.44. The summed E-state index contributed by atoms with van der Waals surface area (Å²) in [5.41, 5.74) is 1.34. The fraction of sp³-hybridized carbons (Fsp3) is 0.600. The van der Waals surface area contributed by atoms with Crippen LogP contribution in [0.15, 0.2) is 28.7 Å².